The fourth-order valence-electron chi connectivity index (χ4n) is 11.0. The molecule has 1 heterocycles. The summed E-state index contributed by atoms with van der Waals surface area (Å²) in [5, 5.41) is 31.7. The number of hydrogen-bond acceptors (Lipinski definition) is 11. The van der Waals surface area contributed by atoms with E-state index >= 15 is 0 Å². The monoisotopic (exact) mass is 1220 g/mol. The van der Waals surface area contributed by atoms with E-state index in [1.165, 1.54) is 180 Å². The van der Waals surface area contributed by atoms with Crippen LogP contribution in [0.1, 0.15) is 342 Å². The highest BCUT2D eigenvalue weighted by Crippen LogP contribution is 2.27. The Morgan fingerprint density at radius 2 is 0.690 bits per heavy atom. The number of rotatable bonds is 63. The first-order chi connectivity index (χ1) is 42.6. The number of ether oxygens (including phenoxy) is 5. The van der Waals surface area contributed by atoms with Gasteiger partial charge in [-0.1, -0.05) is 274 Å². The van der Waals surface area contributed by atoms with Crippen molar-refractivity contribution in [2.75, 3.05) is 13.2 Å². The molecule has 1 fully saturated rings. The number of aliphatic hydroxyl groups is 2. The Bertz CT molecular complexity index is 1740. The van der Waals surface area contributed by atoms with Crippen molar-refractivity contribution in [3.63, 3.8) is 0 Å². The number of carboxylic acid groups (broad SMARTS) is 1. The van der Waals surface area contributed by atoms with Gasteiger partial charge in [-0.2, -0.15) is 0 Å². The van der Waals surface area contributed by atoms with Gasteiger partial charge >= 0.3 is 23.9 Å². The number of esters is 3. The van der Waals surface area contributed by atoms with Gasteiger partial charge in [0.05, 0.1) is 6.61 Å². The molecule has 12 heteroatoms. The summed E-state index contributed by atoms with van der Waals surface area (Å²) in [6.45, 7) is 6.00. The number of unbranched alkanes of at least 4 members (excludes halogenated alkanes) is 39. The van der Waals surface area contributed by atoms with Crippen molar-refractivity contribution in [2.45, 2.75) is 379 Å². The first-order valence-electron chi connectivity index (χ1n) is 36.3. The van der Waals surface area contributed by atoms with Gasteiger partial charge in [-0.3, -0.25) is 14.4 Å². The minimum atomic E-state index is -1.91. The molecule has 1 rings (SSSR count). The van der Waals surface area contributed by atoms with E-state index in [0.29, 0.717) is 19.3 Å². The molecule has 0 aromatic rings. The summed E-state index contributed by atoms with van der Waals surface area (Å²) in [6.07, 6.45) is 67.3. The van der Waals surface area contributed by atoms with Crippen LogP contribution in [-0.2, 0) is 42.9 Å². The zero-order chi connectivity index (χ0) is 63.1. The summed E-state index contributed by atoms with van der Waals surface area (Å²) < 4.78 is 28.7. The average Bonchev–Trinajstić information content (AvgIpc) is 2.56. The van der Waals surface area contributed by atoms with Crippen LogP contribution in [0, 0.1) is 0 Å². The van der Waals surface area contributed by atoms with Crippen LogP contribution in [0.4, 0.5) is 0 Å². The third-order valence-corrected chi connectivity index (χ3v) is 16.5. The average molecular weight is 1230 g/mol. The Balaban J connectivity index is 2.62. The molecule has 1 saturated heterocycles. The van der Waals surface area contributed by atoms with Crippen molar-refractivity contribution in [3.8, 4) is 0 Å². The van der Waals surface area contributed by atoms with Crippen molar-refractivity contribution in [1.82, 2.24) is 0 Å². The predicted molar refractivity (Wildman–Crippen MR) is 359 cm³/mol. The van der Waals surface area contributed by atoms with E-state index in [9.17, 15) is 34.5 Å². The second-order valence-corrected chi connectivity index (χ2v) is 24.9. The van der Waals surface area contributed by atoms with Crippen LogP contribution < -0.4 is 0 Å². The van der Waals surface area contributed by atoms with E-state index in [0.717, 1.165) is 103 Å². The molecule has 0 radical (unpaired) electrons. The minimum absolute atomic E-state index is 0.0587. The van der Waals surface area contributed by atoms with Gasteiger partial charge in [-0.15, -0.1) is 0 Å². The van der Waals surface area contributed by atoms with E-state index in [4.69, 9.17) is 23.7 Å². The number of aliphatic hydroxyl groups excluding tert-OH is 2. The Kier molecular flexibility index (Phi) is 58.6. The molecule has 6 unspecified atom stereocenters. The molecule has 0 bridgehead atoms. The van der Waals surface area contributed by atoms with Crippen LogP contribution >= 0.6 is 0 Å². The number of carbonyl (C=O) groups is 4. The predicted octanol–water partition coefficient (Wildman–Crippen LogP) is 20.2. The molecule has 3 N–H and O–H groups in total. The summed E-state index contributed by atoms with van der Waals surface area (Å²) in [5.41, 5.74) is 0. The maximum atomic E-state index is 13.3. The number of allylic oxidation sites excluding steroid dienone is 10. The lowest BCUT2D eigenvalue weighted by atomic mass is 9.98. The van der Waals surface area contributed by atoms with Crippen LogP contribution in [0.25, 0.3) is 0 Å². The second-order valence-electron chi connectivity index (χ2n) is 24.9. The van der Waals surface area contributed by atoms with Gasteiger partial charge in [0.1, 0.15) is 18.8 Å². The number of carboxylic acids is 1. The maximum absolute atomic E-state index is 13.3. The molecule has 0 amide bonds. The molecule has 1 aliphatic rings. The van der Waals surface area contributed by atoms with Gasteiger partial charge in [-0.25, -0.2) is 4.79 Å². The molecule has 504 valence electrons. The quantitative estimate of drug-likeness (QED) is 0.0228. The third-order valence-electron chi connectivity index (χ3n) is 16.5. The van der Waals surface area contributed by atoms with Gasteiger partial charge in [0.2, 0.25) is 0 Å². The Morgan fingerprint density at radius 1 is 0.379 bits per heavy atom. The van der Waals surface area contributed by atoms with E-state index in [2.05, 4.69) is 81.5 Å². The molecule has 6 atom stereocenters. The molecule has 0 aliphatic carbocycles. The van der Waals surface area contributed by atoms with Crippen molar-refractivity contribution in [3.05, 3.63) is 60.8 Å². The normalized spacial score (nSPS) is 17.6. The molecule has 0 saturated carbocycles. The van der Waals surface area contributed by atoms with Gasteiger partial charge in [0.15, 0.2) is 24.6 Å². The smallest absolute Gasteiger partial charge is 0.335 e. The first kappa shape index (κ1) is 81.4. The van der Waals surface area contributed by atoms with Crippen molar-refractivity contribution in [1.29, 1.82) is 0 Å². The second kappa shape index (κ2) is 62.6. The SMILES string of the molecule is CCCCC/C=C\C/C=C\CCCCCCCCCCCC(=O)OCC(COC1OC(C(=O)O)C(O)C(O)C1OC(=O)CCCCCCCCCCC/C=C\CCCCCCCC)OC(=O)CCCCCCCCCCC/C=C\C/C=C\CCCCC. The fourth-order valence-corrected chi connectivity index (χ4v) is 11.0. The summed E-state index contributed by atoms with van der Waals surface area (Å²) in [5.74, 6) is -3.10. The van der Waals surface area contributed by atoms with Crippen molar-refractivity contribution in [2.24, 2.45) is 0 Å². The number of hydrogen-bond donors (Lipinski definition) is 3. The number of carbonyl (C=O) groups excluding carboxylic acids is 3. The minimum Gasteiger partial charge on any atom is -0.479 e. The molecule has 0 aromatic carbocycles. The molecule has 87 heavy (non-hydrogen) atoms. The van der Waals surface area contributed by atoms with Crippen molar-refractivity contribution >= 4 is 23.9 Å². The van der Waals surface area contributed by atoms with Crippen LogP contribution in [0.5, 0.6) is 0 Å². The Morgan fingerprint density at radius 3 is 1.07 bits per heavy atom. The van der Waals surface area contributed by atoms with Gasteiger partial charge in [0, 0.05) is 19.3 Å². The lowest BCUT2D eigenvalue weighted by Crippen LogP contribution is -2.61. The van der Waals surface area contributed by atoms with Crippen LogP contribution in [0.2, 0.25) is 0 Å². The lowest BCUT2D eigenvalue weighted by molar-refractivity contribution is -0.301. The Hall–Kier alpha value is -3.58. The highest BCUT2D eigenvalue weighted by molar-refractivity contribution is 5.74. The zero-order valence-corrected chi connectivity index (χ0v) is 56.0. The topological polar surface area (TPSA) is 175 Å². The highest BCUT2D eigenvalue weighted by Gasteiger charge is 2.50. The third kappa shape index (κ3) is 51.8. The van der Waals surface area contributed by atoms with E-state index in [-0.39, 0.29) is 25.9 Å². The Labute approximate surface area is 532 Å². The van der Waals surface area contributed by atoms with Gasteiger partial charge in [-0.05, 0) is 109 Å². The lowest BCUT2D eigenvalue weighted by Gasteiger charge is -2.40. The molecular formula is C75H132O12. The van der Waals surface area contributed by atoms with Crippen LogP contribution in [-0.4, -0.2) is 89.2 Å². The van der Waals surface area contributed by atoms with E-state index < -0.39 is 67.3 Å². The molecule has 12 nitrogen and oxygen atoms in total. The van der Waals surface area contributed by atoms with Crippen LogP contribution in [0.15, 0.2) is 60.8 Å². The highest BCUT2D eigenvalue weighted by atomic mass is 16.7. The van der Waals surface area contributed by atoms with Gasteiger partial charge < -0.3 is 39.0 Å². The largest absolute Gasteiger partial charge is 0.479 e. The van der Waals surface area contributed by atoms with E-state index in [1.807, 2.05) is 0 Å². The van der Waals surface area contributed by atoms with Crippen molar-refractivity contribution < 1.29 is 58.2 Å². The summed E-state index contributed by atoms with van der Waals surface area (Å²) in [6, 6.07) is 0. The number of aliphatic carboxylic acids is 1. The molecule has 0 spiro atoms. The summed E-state index contributed by atoms with van der Waals surface area (Å²) in [4.78, 5) is 51.6. The fraction of sp³-hybridized carbons (Fsp3) is 0.813. The zero-order valence-electron chi connectivity index (χ0n) is 56.0. The van der Waals surface area contributed by atoms with Gasteiger partial charge in [0.25, 0.3) is 0 Å². The standard InChI is InChI=1S/C75H132O12/c1-4-7-10-13-16-19-22-25-28-31-34-37-40-43-46-49-52-55-58-61-67(76)83-64-66(85-68(77)62-59-56-53-50-47-44-41-38-35-32-29-26-23-20-17-14-11-8-5-2)65-84-75-73(71(80)70(79)72(87-75)74(81)82)86-69(78)63-60-57-54-51-48-45-42-39-36-33-30-27-24-21-18-15-12-9-6-3/h16-17,19-20,25-30,66,70-73,75,79-80H,4-15,18,21-24,31-65H2,1-3H3,(H,81,82)/b19-16-,20-17-,28-25-,29-26-,30-27-. The first-order valence-corrected chi connectivity index (χ1v) is 36.3. The molecule has 1 aliphatic heterocycles. The summed E-state index contributed by atoms with van der Waals surface area (Å²) in [7, 11) is 0. The maximum Gasteiger partial charge on any atom is 0.335 e. The van der Waals surface area contributed by atoms with E-state index in [1.54, 1.807) is 0 Å². The van der Waals surface area contributed by atoms with Crippen LogP contribution in [0.3, 0.4) is 0 Å². The molecular weight excluding hydrogens is 1090 g/mol. The molecule has 0 aromatic heterocycles. The summed E-state index contributed by atoms with van der Waals surface area (Å²) >= 11 is 0.